The Kier molecular flexibility index (Phi) is 7.39. The maximum absolute atomic E-state index is 14.0. The standard InChI is InChI=1S/C20H24F5N5O2S/c1-27-19(32)30-8-12(14(9-30)28-26)17(33)18(31)29-6-4-10(5-7-29)11-2-3-13(21)16(22)15(11)20(23,24)25/h2-3,10,12,17,33H,4-9,26H2,1H3,(H,27,32)/b28-14+. The number of hydrazone groups is 1. The summed E-state index contributed by atoms with van der Waals surface area (Å²) in [7, 11) is 1.47. The number of piperidine rings is 1. The minimum Gasteiger partial charge on any atom is -0.342 e. The van der Waals surface area contributed by atoms with Gasteiger partial charge in [0.15, 0.2) is 11.6 Å². The maximum atomic E-state index is 14.0. The van der Waals surface area contributed by atoms with E-state index in [4.69, 9.17) is 5.84 Å². The highest BCUT2D eigenvalue weighted by molar-refractivity contribution is 7.81. The van der Waals surface area contributed by atoms with Crippen LogP contribution >= 0.6 is 12.6 Å². The lowest BCUT2D eigenvalue weighted by Gasteiger charge is -2.35. The van der Waals surface area contributed by atoms with Crippen LogP contribution in [0.3, 0.4) is 0 Å². The number of halogens is 5. The average Bonchev–Trinajstić information content (AvgIpc) is 3.23. The molecule has 0 spiro atoms. The number of nitrogens with zero attached hydrogens (tertiary/aromatic N) is 3. The number of amides is 3. The number of benzene rings is 1. The van der Waals surface area contributed by atoms with Crippen LogP contribution in [0.15, 0.2) is 17.2 Å². The van der Waals surface area contributed by atoms with Gasteiger partial charge in [0, 0.05) is 32.6 Å². The van der Waals surface area contributed by atoms with Crippen molar-refractivity contribution in [2.75, 3.05) is 33.2 Å². The zero-order chi connectivity index (χ0) is 24.5. The van der Waals surface area contributed by atoms with Crippen molar-refractivity contribution in [3.63, 3.8) is 0 Å². The molecule has 2 fully saturated rings. The van der Waals surface area contributed by atoms with E-state index in [1.54, 1.807) is 0 Å². The third-order valence-corrected chi connectivity index (χ3v) is 6.74. The van der Waals surface area contributed by atoms with E-state index in [9.17, 15) is 31.5 Å². The summed E-state index contributed by atoms with van der Waals surface area (Å²) in [5, 5.41) is 5.32. The molecule has 2 heterocycles. The molecule has 0 aromatic heterocycles. The van der Waals surface area contributed by atoms with Gasteiger partial charge in [-0.25, -0.2) is 13.6 Å². The largest absolute Gasteiger partial charge is 0.419 e. The number of carbonyl (C=O) groups excluding carboxylic acids is 2. The molecule has 1 aromatic carbocycles. The first-order chi connectivity index (χ1) is 15.5. The van der Waals surface area contributed by atoms with E-state index in [0.717, 1.165) is 6.07 Å². The van der Waals surface area contributed by atoms with Crippen molar-refractivity contribution in [1.29, 1.82) is 0 Å². The van der Waals surface area contributed by atoms with Gasteiger partial charge in [0.1, 0.15) is 0 Å². The second-order valence-corrected chi connectivity index (χ2v) is 8.59. The number of carbonyl (C=O) groups is 2. The van der Waals surface area contributed by atoms with Crippen molar-refractivity contribution in [2.24, 2.45) is 16.9 Å². The van der Waals surface area contributed by atoms with Gasteiger partial charge in [0.2, 0.25) is 5.91 Å². The zero-order valence-electron chi connectivity index (χ0n) is 17.7. The Labute approximate surface area is 192 Å². The van der Waals surface area contributed by atoms with Gasteiger partial charge in [-0.3, -0.25) is 4.79 Å². The number of hydrogen-bond acceptors (Lipinski definition) is 5. The van der Waals surface area contributed by atoms with Gasteiger partial charge >= 0.3 is 12.2 Å². The molecule has 1 aromatic rings. The Morgan fingerprint density at radius 1 is 1.21 bits per heavy atom. The quantitative estimate of drug-likeness (QED) is 0.262. The third kappa shape index (κ3) is 5.02. The van der Waals surface area contributed by atoms with E-state index in [2.05, 4.69) is 23.0 Å². The highest BCUT2D eigenvalue weighted by atomic mass is 32.1. The SMILES string of the molecule is CNC(=O)N1C/C(=N\N)C(C(S)C(=O)N2CCC(c3ccc(F)c(F)c3C(F)(F)F)CC2)C1. The highest BCUT2D eigenvalue weighted by Gasteiger charge is 2.43. The molecular formula is C20H24F5N5O2S. The first-order valence-corrected chi connectivity index (χ1v) is 10.8. The molecule has 33 heavy (non-hydrogen) atoms. The van der Waals surface area contributed by atoms with Crippen LogP contribution in [0.2, 0.25) is 0 Å². The van der Waals surface area contributed by atoms with Crippen molar-refractivity contribution in [1.82, 2.24) is 15.1 Å². The smallest absolute Gasteiger partial charge is 0.342 e. The van der Waals surface area contributed by atoms with Crippen LogP contribution in [0.5, 0.6) is 0 Å². The van der Waals surface area contributed by atoms with Crippen LogP contribution < -0.4 is 11.2 Å². The number of nitrogens with two attached hydrogens (primary N) is 1. The molecule has 3 rings (SSSR count). The minimum absolute atomic E-state index is 0.123. The van der Waals surface area contributed by atoms with Crippen LogP contribution in [-0.2, 0) is 11.0 Å². The number of hydrogen-bond donors (Lipinski definition) is 3. The van der Waals surface area contributed by atoms with Gasteiger partial charge in [0.25, 0.3) is 0 Å². The number of alkyl halides is 3. The van der Waals surface area contributed by atoms with Crippen LogP contribution in [0.25, 0.3) is 0 Å². The molecule has 0 saturated carbocycles. The Hall–Kier alpha value is -2.57. The number of likely N-dealkylation sites (tertiary alicyclic amines) is 2. The molecule has 3 N–H and O–H groups in total. The Morgan fingerprint density at radius 3 is 2.39 bits per heavy atom. The first-order valence-electron chi connectivity index (χ1n) is 10.2. The molecule has 0 aliphatic carbocycles. The summed E-state index contributed by atoms with van der Waals surface area (Å²) in [6, 6.07) is 1.30. The summed E-state index contributed by atoms with van der Waals surface area (Å²) in [5.74, 6) is 0.396. The van der Waals surface area contributed by atoms with E-state index >= 15 is 0 Å². The molecule has 3 amide bonds. The number of urea groups is 1. The number of nitrogens with one attached hydrogen (secondary N) is 1. The monoisotopic (exact) mass is 493 g/mol. The molecule has 2 unspecified atom stereocenters. The molecule has 2 atom stereocenters. The molecule has 2 saturated heterocycles. The van der Waals surface area contributed by atoms with Crippen molar-refractivity contribution in [3.05, 3.63) is 34.9 Å². The van der Waals surface area contributed by atoms with Crippen molar-refractivity contribution in [3.8, 4) is 0 Å². The lowest BCUT2D eigenvalue weighted by Crippen LogP contribution is -2.46. The minimum atomic E-state index is -5.04. The molecule has 182 valence electrons. The van der Waals surface area contributed by atoms with Gasteiger partial charge in [-0.15, -0.1) is 0 Å². The van der Waals surface area contributed by atoms with E-state index in [0.29, 0.717) is 11.8 Å². The van der Waals surface area contributed by atoms with Gasteiger partial charge in [-0.1, -0.05) is 6.07 Å². The number of rotatable bonds is 3. The van der Waals surface area contributed by atoms with E-state index in [-0.39, 0.29) is 56.5 Å². The zero-order valence-corrected chi connectivity index (χ0v) is 18.6. The van der Waals surface area contributed by atoms with Crippen molar-refractivity contribution >= 4 is 30.3 Å². The van der Waals surface area contributed by atoms with E-state index < -0.39 is 40.5 Å². The molecule has 7 nitrogen and oxygen atoms in total. The van der Waals surface area contributed by atoms with Gasteiger partial charge in [0.05, 0.1) is 23.1 Å². The predicted octanol–water partition coefficient (Wildman–Crippen LogP) is 2.57. The number of thiol groups is 1. The fourth-order valence-electron chi connectivity index (χ4n) is 4.42. The lowest BCUT2D eigenvalue weighted by atomic mass is 9.85. The van der Waals surface area contributed by atoms with Crippen molar-refractivity contribution < 1.29 is 31.5 Å². The van der Waals surface area contributed by atoms with Gasteiger partial charge in [-0.2, -0.15) is 30.9 Å². The Balaban J connectivity index is 1.70. The average molecular weight is 494 g/mol. The summed E-state index contributed by atoms with van der Waals surface area (Å²) in [6.07, 6.45) is -4.75. The summed E-state index contributed by atoms with van der Waals surface area (Å²) < 4.78 is 67.5. The molecule has 0 bridgehead atoms. The lowest BCUT2D eigenvalue weighted by molar-refractivity contribution is -0.141. The molecule has 2 aliphatic rings. The maximum Gasteiger partial charge on any atom is 0.419 e. The molecular weight excluding hydrogens is 469 g/mol. The van der Waals surface area contributed by atoms with Gasteiger partial charge in [-0.05, 0) is 30.4 Å². The highest BCUT2D eigenvalue weighted by Crippen LogP contribution is 2.41. The molecule has 0 radical (unpaired) electrons. The molecule has 13 heteroatoms. The second-order valence-electron chi connectivity index (χ2n) is 8.03. The van der Waals surface area contributed by atoms with Crippen LogP contribution in [0.4, 0.5) is 26.7 Å². The molecule has 2 aliphatic heterocycles. The third-order valence-electron chi connectivity index (χ3n) is 6.16. The summed E-state index contributed by atoms with van der Waals surface area (Å²) >= 11 is 4.43. The summed E-state index contributed by atoms with van der Waals surface area (Å²) in [4.78, 5) is 27.8. The normalized spacial score (nSPS) is 22.0. The van der Waals surface area contributed by atoms with Crippen LogP contribution in [0.1, 0.15) is 29.9 Å². The first kappa shape index (κ1) is 25.1. The fraction of sp³-hybridized carbons (Fsp3) is 0.550. The Morgan fingerprint density at radius 2 is 1.85 bits per heavy atom. The van der Waals surface area contributed by atoms with E-state index in [1.165, 1.54) is 16.8 Å². The fourth-order valence-corrected chi connectivity index (χ4v) is 4.85. The van der Waals surface area contributed by atoms with Gasteiger partial charge < -0.3 is 21.0 Å². The van der Waals surface area contributed by atoms with Crippen LogP contribution in [-0.4, -0.2) is 65.9 Å². The topological polar surface area (TPSA) is 91.0 Å². The summed E-state index contributed by atoms with van der Waals surface area (Å²) in [6.45, 7) is 0.592. The van der Waals surface area contributed by atoms with Crippen molar-refractivity contribution in [2.45, 2.75) is 30.2 Å². The second kappa shape index (κ2) is 9.74. The summed E-state index contributed by atoms with van der Waals surface area (Å²) in [5.41, 5.74) is -1.47. The Bertz CT molecular complexity index is 950. The predicted molar refractivity (Wildman–Crippen MR) is 114 cm³/mol. The van der Waals surface area contributed by atoms with E-state index in [1.807, 2.05) is 0 Å². The van der Waals surface area contributed by atoms with Crippen LogP contribution in [0, 0.1) is 17.6 Å².